The summed E-state index contributed by atoms with van der Waals surface area (Å²) in [7, 11) is -0.0325. The Morgan fingerprint density at radius 1 is 1.00 bits per heavy atom. The first-order valence-corrected chi connectivity index (χ1v) is 13.6. The molecule has 1 amide bonds. The van der Waals surface area contributed by atoms with Gasteiger partial charge in [-0.1, -0.05) is 32.3 Å². The minimum atomic E-state index is -3.15. The van der Waals surface area contributed by atoms with Gasteiger partial charge in [0.25, 0.3) is 5.91 Å². The minimum Gasteiger partial charge on any atom is -0.494 e. The molecular formula is C26H35NO6S. The van der Waals surface area contributed by atoms with Gasteiger partial charge in [0, 0.05) is 18.2 Å². The number of sulfone groups is 1. The zero-order valence-electron chi connectivity index (χ0n) is 20.3. The predicted octanol–water partition coefficient (Wildman–Crippen LogP) is 4.49. The molecule has 3 rings (SSSR count). The molecule has 0 N–H and O–H groups in total. The largest absolute Gasteiger partial charge is 0.494 e. The Labute approximate surface area is 202 Å². The van der Waals surface area contributed by atoms with Crippen molar-refractivity contribution in [3.05, 3.63) is 53.6 Å². The number of hydrogen-bond acceptors (Lipinski definition) is 6. The van der Waals surface area contributed by atoms with Crippen molar-refractivity contribution in [3.8, 4) is 17.2 Å². The van der Waals surface area contributed by atoms with Crippen molar-refractivity contribution in [2.24, 2.45) is 0 Å². The fourth-order valence-electron chi connectivity index (χ4n) is 4.14. The van der Waals surface area contributed by atoms with Gasteiger partial charge >= 0.3 is 0 Å². The second-order valence-corrected chi connectivity index (χ2v) is 10.8. The first-order chi connectivity index (χ1) is 16.4. The second-order valence-electron chi connectivity index (χ2n) is 8.61. The van der Waals surface area contributed by atoms with E-state index in [-0.39, 0.29) is 30.0 Å². The zero-order chi connectivity index (χ0) is 24.6. The number of carbonyl (C=O) groups is 1. The monoisotopic (exact) mass is 489 g/mol. The van der Waals surface area contributed by atoms with Crippen LogP contribution in [0.15, 0.2) is 42.5 Å². The standard InChI is InChI=1S/C26H35NO6S/c1-4-5-6-7-15-33-23-11-9-21(10-12-23)26(28)27(22-14-16-34(29,30)19-22)18-20-8-13-24(31-2)25(17-20)32-3/h8-13,17,22H,4-7,14-16,18-19H2,1-3H3/t22-/m1/s1. The Morgan fingerprint density at radius 3 is 2.35 bits per heavy atom. The normalized spacial score (nSPS) is 16.7. The SMILES string of the molecule is CCCCCCOc1ccc(C(=O)N(Cc2ccc(OC)c(OC)c2)[C@@H]2CCS(=O)(=O)C2)cc1. The first kappa shape index (κ1) is 25.9. The number of rotatable bonds is 12. The molecule has 8 heteroatoms. The lowest BCUT2D eigenvalue weighted by molar-refractivity contribution is 0.0680. The molecule has 34 heavy (non-hydrogen) atoms. The molecule has 1 fully saturated rings. The number of unbranched alkanes of at least 4 members (excludes halogenated alkanes) is 3. The summed E-state index contributed by atoms with van der Waals surface area (Å²) in [6.45, 7) is 3.10. The van der Waals surface area contributed by atoms with Gasteiger partial charge in [0.15, 0.2) is 21.3 Å². The van der Waals surface area contributed by atoms with Gasteiger partial charge < -0.3 is 19.1 Å². The fraction of sp³-hybridized carbons (Fsp3) is 0.500. The molecule has 0 bridgehead atoms. The van der Waals surface area contributed by atoms with Crippen LogP contribution in [0.3, 0.4) is 0 Å². The van der Waals surface area contributed by atoms with Crippen molar-refractivity contribution in [2.45, 2.75) is 51.6 Å². The van der Waals surface area contributed by atoms with E-state index in [4.69, 9.17) is 14.2 Å². The number of hydrogen-bond donors (Lipinski definition) is 0. The molecule has 0 aromatic heterocycles. The van der Waals surface area contributed by atoms with Gasteiger partial charge in [-0.05, 0) is 54.8 Å². The second kappa shape index (κ2) is 12.1. The molecule has 0 spiro atoms. The van der Waals surface area contributed by atoms with E-state index in [0.717, 1.165) is 24.2 Å². The fourth-order valence-corrected chi connectivity index (χ4v) is 5.87. The average Bonchev–Trinajstić information content (AvgIpc) is 3.21. The van der Waals surface area contributed by atoms with Gasteiger partial charge in [-0.2, -0.15) is 0 Å². The number of amides is 1. The van der Waals surface area contributed by atoms with Gasteiger partial charge in [0.2, 0.25) is 0 Å². The van der Waals surface area contributed by atoms with Crippen LogP contribution in [0, 0.1) is 0 Å². The lowest BCUT2D eigenvalue weighted by atomic mass is 10.1. The van der Waals surface area contributed by atoms with Crippen molar-refractivity contribution < 1.29 is 27.4 Å². The minimum absolute atomic E-state index is 0.0228. The molecule has 0 radical (unpaired) electrons. The number of ether oxygens (including phenoxy) is 3. The quantitative estimate of drug-likeness (QED) is 0.409. The molecule has 1 aliphatic heterocycles. The van der Waals surface area contributed by atoms with Gasteiger partial charge in [-0.15, -0.1) is 0 Å². The van der Waals surface area contributed by atoms with Crippen molar-refractivity contribution >= 4 is 15.7 Å². The highest BCUT2D eigenvalue weighted by molar-refractivity contribution is 7.91. The van der Waals surface area contributed by atoms with Crippen LogP contribution in [-0.2, 0) is 16.4 Å². The van der Waals surface area contributed by atoms with E-state index >= 15 is 0 Å². The lowest BCUT2D eigenvalue weighted by Gasteiger charge is -2.29. The van der Waals surface area contributed by atoms with Crippen LogP contribution < -0.4 is 14.2 Å². The maximum Gasteiger partial charge on any atom is 0.254 e. The molecule has 7 nitrogen and oxygen atoms in total. The summed E-state index contributed by atoms with van der Waals surface area (Å²) in [6.07, 6.45) is 4.95. The van der Waals surface area contributed by atoms with E-state index in [1.54, 1.807) is 49.5 Å². The van der Waals surface area contributed by atoms with E-state index in [0.29, 0.717) is 30.1 Å². The molecule has 1 heterocycles. The van der Waals surface area contributed by atoms with Crippen LogP contribution in [0.2, 0.25) is 0 Å². The summed E-state index contributed by atoms with van der Waals surface area (Å²) < 4.78 is 40.8. The third-order valence-corrected chi connectivity index (χ3v) is 7.83. The van der Waals surface area contributed by atoms with Crippen LogP contribution >= 0.6 is 0 Å². The Bertz CT molecular complexity index is 1050. The third kappa shape index (κ3) is 6.88. The molecule has 2 aromatic carbocycles. The summed E-state index contributed by atoms with van der Waals surface area (Å²) in [5, 5.41) is 0. The van der Waals surface area contributed by atoms with Crippen molar-refractivity contribution in [2.75, 3.05) is 32.3 Å². The van der Waals surface area contributed by atoms with Crippen LogP contribution in [0.25, 0.3) is 0 Å². The van der Waals surface area contributed by atoms with Gasteiger partial charge in [-0.25, -0.2) is 8.42 Å². The smallest absolute Gasteiger partial charge is 0.254 e. The zero-order valence-corrected chi connectivity index (χ0v) is 21.1. The predicted molar refractivity (Wildman–Crippen MR) is 133 cm³/mol. The van der Waals surface area contributed by atoms with Crippen LogP contribution in [0.4, 0.5) is 0 Å². The maximum atomic E-state index is 13.5. The summed E-state index contributed by atoms with van der Waals surface area (Å²) >= 11 is 0. The average molecular weight is 490 g/mol. The number of nitrogens with zero attached hydrogens (tertiary/aromatic N) is 1. The molecular weight excluding hydrogens is 454 g/mol. The van der Waals surface area contributed by atoms with E-state index in [9.17, 15) is 13.2 Å². The molecule has 0 aliphatic carbocycles. The molecule has 1 aliphatic rings. The first-order valence-electron chi connectivity index (χ1n) is 11.8. The van der Waals surface area contributed by atoms with Crippen molar-refractivity contribution in [3.63, 3.8) is 0 Å². The Morgan fingerprint density at radius 2 is 1.74 bits per heavy atom. The molecule has 1 saturated heterocycles. The highest BCUT2D eigenvalue weighted by Crippen LogP contribution is 2.30. The van der Waals surface area contributed by atoms with E-state index < -0.39 is 9.84 Å². The highest BCUT2D eigenvalue weighted by Gasteiger charge is 2.35. The number of methoxy groups -OCH3 is 2. The lowest BCUT2D eigenvalue weighted by Crippen LogP contribution is -2.40. The summed E-state index contributed by atoms with van der Waals surface area (Å²) in [6, 6.07) is 12.2. The summed E-state index contributed by atoms with van der Waals surface area (Å²) in [4.78, 5) is 15.2. The van der Waals surface area contributed by atoms with Crippen LogP contribution in [0.5, 0.6) is 17.2 Å². The van der Waals surface area contributed by atoms with Crippen molar-refractivity contribution in [1.82, 2.24) is 4.90 Å². The molecule has 0 saturated carbocycles. The summed E-state index contributed by atoms with van der Waals surface area (Å²) in [5.41, 5.74) is 1.34. The van der Waals surface area contributed by atoms with Crippen molar-refractivity contribution in [1.29, 1.82) is 0 Å². The topological polar surface area (TPSA) is 82.1 Å². The van der Waals surface area contributed by atoms with E-state index in [2.05, 4.69) is 6.92 Å². The van der Waals surface area contributed by atoms with Gasteiger partial charge in [-0.3, -0.25) is 4.79 Å². The summed E-state index contributed by atoms with van der Waals surface area (Å²) in [5.74, 6) is 1.75. The number of benzene rings is 2. The van der Waals surface area contributed by atoms with E-state index in [1.165, 1.54) is 12.8 Å². The number of carbonyl (C=O) groups excluding carboxylic acids is 1. The Kier molecular flexibility index (Phi) is 9.21. The maximum absolute atomic E-state index is 13.5. The highest BCUT2D eigenvalue weighted by atomic mass is 32.2. The molecule has 1 atom stereocenters. The Balaban J connectivity index is 1.76. The molecule has 2 aromatic rings. The van der Waals surface area contributed by atoms with Gasteiger partial charge in [0.05, 0.1) is 32.3 Å². The van der Waals surface area contributed by atoms with E-state index in [1.807, 2.05) is 12.1 Å². The van der Waals surface area contributed by atoms with Crippen LogP contribution in [0.1, 0.15) is 54.9 Å². The van der Waals surface area contributed by atoms with Crippen LogP contribution in [-0.4, -0.2) is 57.6 Å². The molecule has 186 valence electrons. The van der Waals surface area contributed by atoms with Gasteiger partial charge in [0.1, 0.15) is 5.75 Å². The molecule has 0 unspecified atom stereocenters. The Hall–Kier alpha value is -2.74. The third-order valence-electron chi connectivity index (χ3n) is 6.08.